The molecule has 0 aliphatic carbocycles. The van der Waals surface area contributed by atoms with Crippen LogP contribution in [0.5, 0.6) is 5.75 Å². The third-order valence-corrected chi connectivity index (χ3v) is 7.07. The standard InChI is InChI=1S/C26H22FN9O2/c27-21-2-3-22-17(5-8-38-22)19(21)13-30-26-31-14-20(25-33-32-15-35(25)26)18-1-4-23(34-6-9-37-10-7-34)36-16(11-28)12-29-24(18)36/h1-4,12,14-15H,5-10,13H2,(H,30,31). The largest absolute Gasteiger partial charge is 0.493 e. The summed E-state index contributed by atoms with van der Waals surface area (Å²) in [6, 6.07) is 9.30. The first-order chi connectivity index (χ1) is 18.7. The molecule has 6 heterocycles. The molecule has 0 saturated carbocycles. The van der Waals surface area contributed by atoms with E-state index in [0.717, 1.165) is 35.8 Å². The van der Waals surface area contributed by atoms with Crippen molar-refractivity contribution in [2.75, 3.05) is 43.1 Å². The lowest BCUT2D eigenvalue weighted by atomic mass is 10.0. The Bertz CT molecular complexity index is 1730. The number of aromatic nitrogens is 6. The fourth-order valence-corrected chi connectivity index (χ4v) is 5.22. The lowest BCUT2D eigenvalue weighted by Crippen LogP contribution is -2.37. The van der Waals surface area contributed by atoms with Gasteiger partial charge in [-0.15, -0.1) is 10.2 Å². The number of ether oxygens (including phenoxy) is 2. The fraction of sp³-hybridized carbons (Fsp3) is 0.269. The molecule has 5 aromatic rings. The number of pyridine rings is 1. The highest BCUT2D eigenvalue weighted by molar-refractivity contribution is 5.87. The highest BCUT2D eigenvalue weighted by Gasteiger charge is 2.23. The molecule has 0 bridgehead atoms. The highest BCUT2D eigenvalue weighted by atomic mass is 19.1. The van der Waals surface area contributed by atoms with E-state index in [1.165, 1.54) is 6.07 Å². The fourth-order valence-electron chi connectivity index (χ4n) is 5.22. The van der Waals surface area contributed by atoms with Gasteiger partial charge in [0.05, 0.1) is 26.0 Å². The lowest BCUT2D eigenvalue weighted by molar-refractivity contribution is 0.122. The van der Waals surface area contributed by atoms with Gasteiger partial charge in [0, 0.05) is 54.5 Å². The van der Waals surface area contributed by atoms with Gasteiger partial charge in [0.15, 0.2) is 5.65 Å². The summed E-state index contributed by atoms with van der Waals surface area (Å²) in [6.45, 7) is 3.50. The topological polar surface area (TPSA) is 118 Å². The van der Waals surface area contributed by atoms with Crippen molar-refractivity contribution in [1.82, 2.24) is 29.0 Å². The molecule has 7 rings (SSSR count). The van der Waals surface area contributed by atoms with Gasteiger partial charge < -0.3 is 19.7 Å². The zero-order valence-electron chi connectivity index (χ0n) is 20.3. The maximum absolute atomic E-state index is 14.6. The van der Waals surface area contributed by atoms with Crippen molar-refractivity contribution in [2.24, 2.45) is 0 Å². The molecule has 38 heavy (non-hydrogen) atoms. The number of benzene rings is 1. The third-order valence-electron chi connectivity index (χ3n) is 7.07. The Hall–Kier alpha value is -4.76. The zero-order chi connectivity index (χ0) is 25.6. The molecule has 11 nitrogen and oxygen atoms in total. The Kier molecular flexibility index (Phi) is 5.29. The van der Waals surface area contributed by atoms with Crippen LogP contribution >= 0.6 is 0 Å². The number of halogens is 1. The molecule has 1 N–H and O–H groups in total. The molecule has 0 amide bonds. The predicted molar refractivity (Wildman–Crippen MR) is 136 cm³/mol. The summed E-state index contributed by atoms with van der Waals surface area (Å²) >= 11 is 0. The second kappa shape index (κ2) is 8.97. The number of nitrogens with zero attached hydrogens (tertiary/aromatic N) is 8. The van der Waals surface area contributed by atoms with Crippen LogP contribution in [0, 0.1) is 17.1 Å². The van der Waals surface area contributed by atoms with Crippen LogP contribution in [0.3, 0.4) is 0 Å². The van der Waals surface area contributed by atoms with E-state index in [9.17, 15) is 9.65 Å². The Labute approximate surface area is 216 Å². The third kappa shape index (κ3) is 3.51. The summed E-state index contributed by atoms with van der Waals surface area (Å²) in [6.07, 6.45) is 5.51. The minimum atomic E-state index is -0.284. The second-order valence-corrected chi connectivity index (χ2v) is 9.09. The van der Waals surface area contributed by atoms with Gasteiger partial charge >= 0.3 is 0 Å². The maximum atomic E-state index is 14.6. The number of rotatable bonds is 5. The van der Waals surface area contributed by atoms with E-state index < -0.39 is 0 Å². The lowest BCUT2D eigenvalue weighted by Gasteiger charge is -2.29. The first-order valence-corrected chi connectivity index (χ1v) is 12.3. The van der Waals surface area contributed by atoms with E-state index >= 15 is 0 Å². The summed E-state index contributed by atoms with van der Waals surface area (Å²) in [4.78, 5) is 11.4. The van der Waals surface area contributed by atoms with Crippen molar-refractivity contribution >= 4 is 23.1 Å². The van der Waals surface area contributed by atoms with Crippen molar-refractivity contribution in [2.45, 2.75) is 13.0 Å². The molecule has 2 aliphatic rings. The summed E-state index contributed by atoms with van der Waals surface area (Å²) in [5.41, 5.74) is 4.55. The van der Waals surface area contributed by atoms with Gasteiger partial charge in [0.25, 0.3) is 0 Å². The van der Waals surface area contributed by atoms with E-state index in [-0.39, 0.29) is 12.4 Å². The number of nitriles is 1. The van der Waals surface area contributed by atoms with Gasteiger partial charge in [-0.3, -0.25) is 8.80 Å². The number of morpholine rings is 1. The Morgan fingerprint density at radius 1 is 1.03 bits per heavy atom. The first kappa shape index (κ1) is 22.4. The average Bonchev–Trinajstić information content (AvgIpc) is 3.72. The van der Waals surface area contributed by atoms with Crippen molar-refractivity contribution in [3.63, 3.8) is 0 Å². The SMILES string of the molecule is N#Cc1cnc2c(-c3cnc(NCc4c(F)ccc5c4CCO5)n4cnnc34)ccc(N3CCOCC3)n12. The quantitative estimate of drug-likeness (QED) is 0.380. The monoisotopic (exact) mass is 511 g/mol. The number of hydrogen-bond acceptors (Lipinski definition) is 9. The summed E-state index contributed by atoms with van der Waals surface area (Å²) < 4.78 is 29.3. The molecule has 0 spiro atoms. The molecule has 1 fully saturated rings. The molecule has 12 heteroatoms. The number of fused-ring (bicyclic) bond motifs is 3. The molecule has 2 aliphatic heterocycles. The predicted octanol–water partition coefficient (Wildman–Crippen LogP) is 2.83. The minimum absolute atomic E-state index is 0.238. The summed E-state index contributed by atoms with van der Waals surface area (Å²) in [5.74, 6) is 1.80. The van der Waals surface area contributed by atoms with Gasteiger partial charge in [-0.25, -0.2) is 14.4 Å². The van der Waals surface area contributed by atoms with Crippen LogP contribution in [-0.2, 0) is 17.7 Å². The molecule has 1 aromatic carbocycles. The van der Waals surface area contributed by atoms with Crippen LogP contribution in [0.1, 0.15) is 16.8 Å². The van der Waals surface area contributed by atoms with Gasteiger partial charge in [0.1, 0.15) is 41.1 Å². The molecule has 0 radical (unpaired) electrons. The molecule has 1 saturated heterocycles. The minimum Gasteiger partial charge on any atom is -0.493 e. The van der Waals surface area contributed by atoms with Crippen LogP contribution in [-0.4, -0.2) is 61.9 Å². The molecule has 190 valence electrons. The molecule has 0 unspecified atom stereocenters. The molecular weight excluding hydrogens is 489 g/mol. The van der Waals surface area contributed by atoms with E-state index in [0.29, 0.717) is 60.3 Å². The second-order valence-electron chi connectivity index (χ2n) is 9.09. The number of nitrogens with one attached hydrogen (secondary N) is 1. The van der Waals surface area contributed by atoms with Gasteiger partial charge in [0.2, 0.25) is 5.95 Å². The number of anilines is 2. The number of imidazole rings is 1. The Balaban J connectivity index is 1.28. The molecule has 4 aromatic heterocycles. The normalized spacial score (nSPS) is 15.0. The maximum Gasteiger partial charge on any atom is 0.210 e. The van der Waals surface area contributed by atoms with Gasteiger partial charge in [-0.1, -0.05) is 0 Å². The van der Waals surface area contributed by atoms with E-state index in [1.54, 1.807) is 29.2 Å². The van der Waals surface area contributed by atoms with E-state index in [1.807, 2.05) is 16.5 Å². The Morgan fingerprint density at radius 3 is 2.79 bits per heavy atom. The van der Waals surface area contributed by atoms with Gasteiger partial charge in [-0.2, -0.15) is 5.26 Å². The van der Waals surface area contributed by atoms with Crippen LogP contribution in [0.25, 0.3) is 22.4 Å². The van der Waals surface area contributed by atoms with Crippen LogP contribution in [0.15, 0.2) is 43.0 Å². The number of hydrogen-bond donors (Lipinski definition) is 1. The van der Waals surface area contributed by atoms with Crippen molar-refractivity contribution in [1.29, 1.82) is 5.26 Å². The zero-order valence-corrected chi connectivity index (χ0v) is 20.3. The van der Waals surface area contributed by atoms with Crippen LogP contribution < -0.4 is 15.0 Å². The van der Waals surface area contributed by atoms with E-state index in [4.69, 9.17) is 9.47 Å². The van der Waals surface area contributed by atoms with Crippen LogP contribution in [0.4, 0.5) is 16.2 Å². The van der Waals surface area contributed by atoms with Crippen LogP contribution in [0.2, 0.25) is 0 Å². The van der Waals surface area contributed by atoms with E-state index in [2.05, 4.69) is 36.5 Å². The summed E-state index contributed by atoms with van der Waals surface area (Å²) in [5, 5.41) is 21.5. The average molecular weight is 512 g/mol. The smallest absolute Gasteiger partial charge is 0.210 e. The van der Waals surface area contributed by atoms with Crippen molar-refractivity contribution in [3.05, 3.63) is 65.6 Å². The molecule has 0 atom stereocenters. The summed E-state index contributed by atoms with van der Waals surface area (Å²) in [7, 11) is 0. The Morgan fingerprint density at radius 2 is 1.92 bits per heavy atom. The highest BCUT2D eigenvalue weighted by Crippen LogP contribution is 2.33. The van der Waals surface area contributed by atoms with Crippen molar-refractivity contribution < 1.29 is 13.9 Å². The van der Waals surface area contributed by atoms with Crippen molar-refractivity contribution in [3.8, 4) is 22.9 Å². The van der Waals surface area contributed by atoms with Gasteiger partial charge in [-0.05, 0) is 24.3 Å². The molecular formula is C26H22FN9O2. The first-order valence-electron chi connectivity index (χ1n) is 12.3.